The quantitative estimate of drug-likeness (QED) is 0.775. The molecule has 1 aliphatic rings. The number of nitrogens with zero attached hydrogens (tertiary/aromatic N) is 3. The average Bonchev–Trinajstić information content (AvgIpc) is 2.63. The summed E-state index contributed by atoms with van der Waals surface area (Å²) in [4.78, 5) is 11.4. The lowest BCUT2D eigenvalue weighted by molar-refractivity contribution is 0.459. The van der Waals surface area contributed by atoms with E-state index in [1.165, 1.54) is 25.7 Å². The molecule has 4 heteroatoms. The van der Waals surface area contributed by atoms with Crippen molar-refractivity contribution in [1.82, 2.24) is 9.97 Å². The highest BCUT2D eigenvalue weighted by Crippen LogP contribution is 2.25. The molecule has 1 saturated heterocycles. The summed E-state index contributed by atoms with van der Waals surface area (Å²) in [6.07, 6.45) is 5.13. The molecule has 1 aromatic rings. The van der Waals surface area contributed by atoms with Gasteiger partial charge in [-0.3, -0.25) is 0 Å². The molecule has 0 amide bonds. The van der Waals surface area contributed by atoms with E-state index in [1.807, 2.05) is 6.07 Å². The second-order valence-electron chi connectivity index (χ2n) is 5.75. The van der Waals surface area contributed by atoms with Gasteiger partial charge in [-0.05, 0) is 25.2 Å². The smallest absolute Gasteiger partial charge is 0.135 e. The molecule has 0 aliphatic carbocycles. The highest BCUT2D eigenvalue weighted by molar-refractivity contribution is 6.29. The Morgan fingerprint density at radius 1 is 1.32 bits per heavy atom. The predicted molar refractivity (Wildman–Crippen MR) is 81.0 cm³/mol. The van der Waals surface area contributed by atoms with E-state index in [2.05, 4.69) is 35.6 Å². The van der Waals surface area contributed by atoms with Crippen molar-refractivity contribution in [3.63, 3.8) is 0 Å². The van der Waals surface area contributed by atoms with Crippen LogP contribution in [0.5, 0.6) is 0 Å². The van der Waals surface area contributed by atoms with Crippen molar-refractivity contribution < 1.29 is 0 Å². The van der Waals surface area contributed by atoms with Crippen molar-refractivity contribution in [2.24, 2.45) is 5.92 Å². The number of hydrogen-bond donors (Lipinski definition) is 0. The lowest BCUT2D eigenvalue weighted by Crippen LogP contribution is -2.25. The summed E-state index contributed by atoms with van der Waals surface area (Å²) in [6, 6.07) is 1.90. The van der Waals surface area contributed by atoms with Crippen LogP contribution in [-0.2, 0) is 0 Å². The molecule has 0 radical (unpaired) electrons. The molecule has 1 unspecified atom stereocenters. The Bertz CT molecular complexity index is 420. The van der Waals surface area contributed by atoms with Gasteiger partial charge in [0.2, 0.25) is 0 Å². The van der Waals surface area contributed by atoms with Crippen LogP contribution in [0.15, 0.2) is 6.07 Å². The van der Waals surface area contributed by atoms with Gasteiger partial charge in [0.05, 0.1) is 0 Å². The highest BCUT2D eigenvalue weighted by Gasteiger charge is 2.18. The normalized spacial score (nSPS) is 20.7. The first kappa shape index (κ1) is 14.6. The second kappa shape index (κ2) is 6.56. The summed E-state index contributed by atoms with van der Waals surface area (Å²) < 4.78 is 0. The van der Waals surface area contributed by atoms with Crippen molar-refractivity contribution in [3.8, 4) is 0 Å². The van der Waals surface area contributed by atoms with E-state index in [4.69, 9.17) is 11.6 Å². The number of rotatable bonds is 3. The van der Waals surface area contributed by atoms with Crippen LogP contribution >= 0.6 is 11.6 Å². The molecule has 106 valence electrons. The van der Waals surface area contributed by atoms with Crippen LogP contribution in [0.2, 0.25) is 5.15 Å². The Balaban J connectivity index is 2.16. The topological polar surface area (TPSA) is 29.0 Å². The molecule has 1 atom stereocenters. The number of anilines is 1. The van der Waals surface area contributed by atoms with Gasteiger partial charge >= 0.3 is 0 Å². The van der Waals surface area contributed by atoms with Crippen LogP contribution < -0.4 is 4.90 Å². The average molecular weight is 282 g/mol. The SMILES string of the molecule is CCC1CCCN(c2cc(Cl)nc(C(C)C)n2)CC1. The van der Waals surface area contributed by atoms with Gasteiger partial charge in [0.15, 0.2) is 0 Å². The molecule has 0 N–H and O–H groups in total. The molecule has 1 aliphatic heterocycles. The molecule has 0 bridgehead atoms. The van der Waals surface area contributed by atoms with Crippen LogP contribution in [0.25, 0.3) is 0 Å². The van der Waals surface area contributed by atoms with Crippen LogP contribution in [0.4, 0.5) is 5.82 Å². The number of aromatic nitrogens is 2. The Labute approximate surface area is 121 Å². The first-order chi connectivity index (χ1) is 9.10. The van der Waals surface area contributed by atoms with Crippen molar-refractivity contribution in [1.29, 1.82) is 0 Å². The third-order valence-corrected chi connectivity index (χ3v) is 4.16. The third-order valence-electron chi connectivity index (χ3n) is 3.96. The van der Waals surface area contributed by atoms with Crippen molar-refractivity contribution in [2.45, 2.75) is 52.4 Å². The largest absolute Gasteiger partial charge is 0.356 e. The molecule has 0 saturated carbocycles. The zero-order valence-electron chi connectivity index (χ0n) is 12.2. The summed E-state index contributed by atoms with van der Waals surface area (Å²) in [5.41, 5.74) is 0. The fourth-order valence-electron chi connectivity index (χ4n) is 2.65. The van der Waals surface area contributed by atoms with E-state index in [-0.39, 0.29) is 0 Å². The Morgan fingerprint density at radius 3 is 2.79 bits per heavy atom. The van der Waals surface area contributed by atoms with E-state index < -0.39 is 0 Å². The van der Waals surface area contributed by atoms with Crippen molar-refractivity contribution >= 4 is 17.4 Å². The molecule has 3 nitrogen and oxygen atoms in total. The fourth-order valence-corrected chi connectivity index (χ4v) is 2.83. The van der Waals surface area contributed by atoms with Gasteiger partial charge in [0.25, 0.3) is 0 Å². The van der Waals surface area contributed by atoms with Gasteiger partial charge in [-0.2, -0.15) is 0 Å². The van der Waals surface area contributed by atoms with Gasteiger partial charge in [-0.25, -0.2) is 9.97 Å². The summed E-state index contributed by atoms with van der Waals surface area (Å²) in [5.74, 6) is 3.03. The number of hydrogen-bond acceptors (Lipinski definition) is 3. The molecule has 0 spiro atoms. The summed E-state index contributed by atoms with van der Waals surface area (Å²) in [7, 11) is 0. The minimum atomic E-state index is 0.313. The molecule has 1 aromatic heterocycles. The molecule has 2 rings (SSSR count). The fraction of sp³-hybridized carbons (Fsp3) is 0.733. The summed E-state index contributed by atoms with van der Waals surface area (Å²) in [5, 5.41) is 0.560. The molecule has 0 aromatic carbocycles. The van der Waals surface area contributed by atoms with Crippen molar-refractivity contribution in [2.75, 3.05) is 18.0 Å². The Morgan fingerprint density at radius 2 is 2.11 bits per heavy atom. The lowest BCUT2D eigenvalue weighted by atomic mass is 9.98. The van der Waals surface area contributed by atoms with Crippen LogP contribution in [0.1, 0.15) is 58.2 Å². The van der Waals surface area contributed by atoms with E-state index >= 15 is 0 Å². The van der Waals surface area contributed by atoms with E-state index in [1.54, 1.807) is 0 Å². The van der Waals surface area contributed by atoms with E-state index in [0.29, 0.717) is 11.1 Å². The highest BCUT2D eigenvalue weighted by atomic mass is 35.5. The van der Waals surface area contributed by atoms with Crippen LogP contribution in [0, 0.1) is 5.92 Å². The Hall–Kier alpha value is -0.830. The maximum Gasteiger partial charge on any atom is 0.135 e. The predicted octanol–water partition coefficient (Wildman–Crippen LogP) is 4.27. The van der Waals surface area contributed by atoms with Crippen LogP contribution in [0.3, 0.4) is 0 Å². The van der Waals surface area contributed by atoms with Gasteiger partial charge in [-0.1, -0.05) is 38.8 Å². The molecule has 1 fully saturated rings. The monoisotopic (exact) mass is 281 g/mol. The lowest BCUT2D eigenvalue weighted by Gasteiger charge is -2.22. The third kappa shape index (κ3) is 3.82. The van der Waals surface area contributed by atoms with E-state index in [0.717, 1.165) is 30.6 Å². The van der Waals surface area contributed by atoms with E-state index in [9.17, 15) is 0 Å². The van der Waals surface area contributed by atoms with Gasteiger partial charge in [-0.15, -0.1) is 0 Å². The van der Waals surface area contributed by atoms with Gasteiger partial charge < -0.3 is 4.90 Å². The summed E-state index contributed by atoms with van der Waals surface area (Å²) in [6.45, 7) is 8.67. The van der Waals surface area contributed by atoms with Crippen molar-refractivity contribution in [3.05, 3.63) is 17.0 Å². The van der Waals surface area contributed by atoms with Crippen LogP contribution in [-0.4, -0.2) is 23.1 Å². The number of halogens is 1. The van der Waals surface area contributed by atoms with Gasteiger partial charge in [0.1, 0.15) is 16.8 Å². The molecule has 2 heterocycles. The molecule has 19 heavy (non-hydrogen) atoms. The minimum absolute atomic E-state index is 0.313. The maximum atomic E-state index is 6.13. The zero-order valence-corrected chi connectivity index (χ0v) is 13.0. The summed E-state index contributed by atoms with van der Waals surface area (Å²) >= 11 is 6.13. The molecular formula is C15H24ClN3. The second-order valence-corrected chi connectivity index (χ2v) is 6.14. The first-order valence-electron chi connectivity index (χ1n) is 7.39. The maximum absolute atomic E-state index is 6.13. The minimum Gasteiger partial charge on any atom is -0.356 e. The Kier molecular flexibility index (Phi) is 5.03. The standard InChI is InChI=1S/C15H24ClN3/c1-4-12-6-5-8-19(9-7-12)14-10-13(16)17-15(18-14)11(2)3/h10-12H,4-9H2,1-3H3. The first-order valence-corrected chi connectivity index (χ1v) is 7.77. The zero-order chi connectivity index (χ0) is 13.8. The molecular weight excluding hydrogens is 258 g/mol. The van der Waals surface area contributed by atoms with Gasteiger partial charge in [0, 0.05) is 25.1 Å².